The lowest BCUT2D eigenvalue weighted by Gasteiger charge is -2.25. The van der Waals surface area contributed by atoms with Crippen LogP contribution in [0, 0.1) is 0 Å². The molecule has 0 saturated heterocycles. The molecule has 0 unspecified atom stereocenters. The van der Waals surface area contributed by atoms with Gasteiger partial charge in [0.25, 0.3) is 0 Å². The Morgan fingerprint density at radius 1 is 0.727 bits per heavy atom. The van der Waals surface area contributed by atoms with Gasteiger partial charge in [0.2, 0.25) is 0 Å². The van der Waals surface area contributed by atoms with Crippen molar-refractivity contribution in [1.82, 2.24) is 9.96 Å². The Hall–Kier alpha value is -0.770. The Morgan fingerprint density at radius 2 is 1.09 bits per heavy atom. The second-order valence-electron chi connectivity index (χ2n) is 6.33. The molecule has 0 bridgehead atoms. The van der Waals surface area contributed by atoms with Crippen molar-refractivity contribution < 1.29 is 10.0 Å². The van der Waals surface area contributed by atoms with Crippen LogP contribution in [0.25, 0.3) is 0 Å². The smallest absolute Gasteiger partial charge is 0.323 e. The molecule has 0 heterocycles. The molecule has 4 heteroatoms. The zero-order valence-electron chi connectivity index (χ0n) is 15.1. The highest BCUT2D eigenvalue weighted by Gasteiger charge is 2.15. The first kappa shape index (κ1) is 21.2. The van der Waals surface area contributed by atoms with Crippen molar-refractivity contribution in [2.45, 2.75) is 90.9 Å². The normalized spacial score (nSPS) is 10.7. The van der Waals surface area contributed by atoms with Crippen molar-refractivity contribution in [2.75, 3.05) is 20.1 Å². The van der Waals surface area contributed by atoms with Crippen molar-refractivity contribution in [3.8, 4) is 0 Å². The van der Waals surface area contributed by atoms with E-state index in [4.69, 9.17) is 0 Å². The Labute approximate surface area is 137 Å². The van der Waals surface area contributed by atoms with Crippen LogP contribution in [0.15, 0.2) is 0 Å². The summed E-state index contributed by atoms with van der Waals surface area (Å²) in [6.45, 7) is 5.98. The number of carbonyl (C=O) groups excluding carboxylic acids is 1. The minimum atomic E-state index is -0.262. The van der Waals surface area contributed by atoms with Crippen LogP contribution in [0.3, 0.4) is 0 Å². The molecule has 132 valence electrons. The van der Waals surface area contributed by atoms with E-state index in [1.165, 1.54) is 71.3 Å². The highest BCUT2D eigenvalue weighted by atomic mass is 16.5. The Bertz CT molecular complexity index is 241. The first-order valence-corrected chi connectivity index (χ1v) is 9.35. The van der Waals surface area contributed by atoms with Gasteiger partial charge >= 0.3 is 6.03 Å². The second kappa shape index (κ2) is 15.1. The fourth-order valence-electron chi connectivity index (χ4n) is 2.67. The van der Waals surface area contributed by atoms with Crippen molar-refractivity contribution in [3.05, 3.63) is 0 Å². The highest BCUT2D eigenvalue weighted by molar-refractivity contribution is 5.72. The minimum absolute atomic E-state index is 0.262. The molecular weight excluding hydrogens is 276 g/mol. The molecule has 0 radical (unpaired) electrons. The summed E-state index contributed by atoms with van der Waals surface area (Å²) < 4.78 is 0. The van der Waals surface area contributed by atoms with Crippen LogP contribution in [0.5, 0.6) is 0 Å². The largest absolute Gasteiger partial charge is 0.343 e. The molecule has 4 nitrogen and oxygen atoms in total. The van der Waals surface area contributed by atoms with Crippen LogP contribution in [0.2, 0.25) is 0 Å². The van der Waals surface area contributed by atoms with Gasteiger partial charge < -0.3 is 4.90 Å². The highest BCUT2D eigenvalue weighted by Crippen LogP contribution is 2.10. The number of hydrogen-bond acceptors (Lipinski definition) is 2. The number of rotatable bonds is 14. The van der Waals surface area contributed by atoms with E-state index in [1.54, 1.807) is 4.90 Å². The topological polar surface area (TPSA) is 43.8 Å². The van der Waals surface area contributed by atoms with Crippen LogP contribution in [0.4, 0.5) is 4.79 Å². The lowest BCUT2D eigenvalue weighted by atomic mass is 10.1. The summed E-state index contributed by atoms with van der Waals surface area (Å²) in [5.41, 5.74) is 0. The fourth-order valence-corrected chi connectivity index (χ4v) is 2.67. The van der Waals surface area contributed by atoms with E-state index < -0.39 is 0 Å². The van der Waals surface area contributed by atoms with Gasteiger partial charge in [-0.15, -0.1) is 0 Å². The lowest BCUT2D eigenvalue weighted by molar-refractivity contribution is -0.0338. The average Bonchev–Trinajstić information content (AvgIpc) is 2.51. The number of nitrogens with zero attached hydrogens (tertiary/aromatic N) is 2. The van der Waals surface area contributed by atoms with Crippen molar-refractivity contribution >= 4 is 6.03 Å². The molecule has 0 aromatic rings. The third-order valence-corrected chi connectivity index (χ3v) is 4.11. The van der Waals surface area contributed by atoms with Gasteiger partial charge in [-0.3, -0.25) is 5.21 Å². The van der Waals surface area contributed by atoms with Gasteiger partial charge in [-0.25, -0.2) is 9.86 Å². The summed E-state index contributed by atoms with van der Waals surface area (Å²) in [5, 5.41) is 10.1. The summed E-state index contributed by atoms with van der Waals surface area (Å²) in [4.78, 5) is 13.8. The van der Waals surface area contributed by atoms with Gasteiger partial charge in [0.15, 0.2) is 0 Å². The summed E-state index contributed by atoms with van der Waals surface area (Å²) in [7, 11) is 1.41. The summed E-state index contributed by atoms with van der Waals surface area (Å²) in [6.07, 6.45) is 14.7. The van der Waals surface area contributed by atoms with Crippen LogP contribution in [-0.4, -0.2) is 41.3 Å². The number of carbonyl (C=O) groups is 1. The SMILES string of the molecule is CCCCCCCCN(CCCCCCCC)C(=O)N(C)O. The van der Waals surface area contributed by atoms with Gasteiger partial charge in [0.05, 0.1) is 0 Å². The van der Waals surface area contributed by atoms with Gasteiger partial charge in [-0.05, 0) is 12.8 Å². The predicted octanol–water partition coefficient (Wildman–Crippen LogP) is 5.45. The number of urea groups is 1. The van der Waals surface area contributed by atoms with Crippen LogP contribution in [-0.2, 0) is 0 Å². The molecule has 1 N–H and O–H groups in total. The van der Waals surface area contributed by atoms with E-state index in [-0.39, 0.29) is 6.03 Å². The Morgan fingerprint density at radius 3 is 1.45 bits per heavy atom. The molecule has 0 aliphatic rings. The first-order valence-electron chi connectivity index (χ1n) is 9.35. The maximum absolute atomic E-state index is 12.0. The Kier molecular flexibility index (Phi) is 14.6. The lowest BCUT2D eigenvalue weighted by Crippen LogP contribution is -2.40. The minimum Gasteiger partial charge on any atom is -0.323 e. The summed E-state index contributed by atoms with van der Waals surface area (Å²) in [6, 6.07) is -0.262. The van der Waals surface area contributed by atoms with Crippen LogP contribution in [0.1, 0.15) is 90.9 Å². The molecule has 0 fully saturated rings. The molecule has 0 atom stereocenters. The van der Waals surface area contributed by atoms with E-state index in [9.17, 15) is 10.0 Å². The zero-order chi connectivity index (χ0) is 16.6. The molecule has 0 aliphatic carbocycles. The third kappa shape index (κ3) is 11.8. The molecule has 22 heavy (non-hydrogen) atoms. The van der Waals surface area contributed by atoms with E-state index in [2.05, 4.69) is 13.8 Å². The monoisotopic (exact) mass is 314 g/mol. The molecule has 0 aromatic carbocycles. The average molecular weight is 315 g/mol. The van der Waals surface area contributed by atoms with Crippen molar-refractivity contribution in [1.29, 1.82) is 0 Å². The van der Waals surface area contributed by atoms with Gasteiger partial charge in [0, 0.05) is 20.1 Å². The second-order valence-corrected chi connectivity index (χ2v) is 6.33. The molecule has 0 saturated carbocycles. The predicted molar refractivity (Wildman–Crippen MR) is 93.3 cm³/mol. The van der Waals surface area contributed by atoms with E-state index >= 15 is 0 Å². The summed E-state index contributed by atoms with van der Waals surface area (Å²) >= 11 is 0. The zero-order valence-corrected chi connectivity index (χ0v) is 15.1. The van der Waals surface area contributed by atoms with E-state index in [1.807, 2.05) is 0 Å². The molecule has 2 amide bonds. The fraction of sp³-hybridized carbons (Fsp3) is 0.944. The third-order valence-electron chi connectivity index (χ3n) is 4.11. The van der Waals surface area contributed by atoms with Crippen molar-refractivity contribution in [2.24, 2.45) is 0 Å². The van der Waals surface area contributed by atoms with Gasteiger partial charge in [-0.2, -0.15) is 0 Å². The van der Waals surface area contributed by atoms with Gasteiger partial charge in [0.1, 0.15) is 0 Å². The molecular formula is C18H38N2O2. The maximum atomic E-state index is 12.0. The quantitative estimate of drug-likeness (QED) is 0.263. The van der Waals surface area contributed by atoms with E-state index in [0.717, 1.165) is 25.9 Å². The van der Waals surface area contributed by atoms with Gasteiger partial charge in [-0.1, -0.05) is 78.1 Å². The molecule has 0 aliphatic heterocycles. The molecule has 0 aromatic heterocycles. The summed E-state index contributed by atoms with van der Waals surface area (Å²) in [5.74, 6) is 0. The number of unbranched alkanes of at least 4 members (excludes halogenated alkanes) is 10. The first-order chi connectivity index (χ1) is 10.6. The van der Waals surface area contributed by atoms with Crippen LogP contribution >= 0.6 is 0 Å². The number of amides is 2. The van der Waals surface area contributed by atoms with Crippen LogP contribution < -0.4 is 0 Å². The standard InChI is InChI=1S/C18H38N2O2/c1-4-6-8-10-12-14-16-20(18(21)19(3)22)17-15-13-11-9-7-5-2/h22H,4-17H2,1-3H3. The number of hydrogen-bond donors (Lipinski definition) is 1. The van der Waals surface area contributed by atoms with Crippen molar-refractivity contribution in [3.63, 3.8) is 0 Å². The maximum Gasteiger partial charge on any atom is 0.343 e. The molecule has 0 rings (SSSR count). The number of hydroxylamine groups is 2. The molecule has 0 spiro atoms. The van der Waals surface area contributed by atoms with E-state index in [0.29, 0.717) is 5.06 Å². The Balaban J connectivity index is 3.88.